The maximum atomic E-state index is 14.7. The number of benzene rings is 3. The SMILES string of the molecule is CCCCCCc1ccc(C(=O)C[C@@H](CCN)C(=O)N(CCN)[C@@H]2C(=O)C[C@@H](C)C(=O)N[C@H](C(=O)NCC#N)Cc3ccc(O)c(c3)-c3cc2ccc3O)c(C)c1. The van der Waals surface area contributed by atoms with E-state index in [1.807, 2.05) is 31.2 Å². The summed E-state index contributed by atoms with van der Waals surface area (Å²) in [5.41, 5.74) is 15.7. The molecule has 13 heteroatoms. The van der Waals surface area contributed by atoms with Gasteiger partial charge in [-0.2, -0.15) is 5.26 Å². The second-order valence-electron chi connectivity index (χ2n) is 14.9. The van der Waals surface area contributed by atoms with Crippen LogP contribution in [0, 0.1) is 30.1 Å². The fourth-order valence-corrected chi connectivity index (χ4v) is 7.46. The Morgan fingerprint density at radius 1 is 0.965 bits per heavy atom. The van der Waals surface area contributed by atoms with Gasteiger partial charge in [0, 0.05) is 60.9 Å². The summed E-state index contributed by atoms with van der Waals surface area (Å²) in [6, 6.07) is 14.0. The Morgan fingerprint density at radius 2 is 1.68 bits per heavy atom. The minimum atomic E-state index is -1.32. The van der Waals surface area contributed by atoms with Crippen molar-refractivity contribution in [3.05, 3.63) is 82.4 Å². The summed E-state index contributed by atoms with van der Waals surface area (Å²) in [6.07, 6.45) is 5.04. The molecule has 3 aromatic rings. The summed E-state index contributed by atoms with van der Waals surface area (Å²) >= 11 is 0. The van der Waals surface area contributed by atoms with Gasteiger partial charge in [0.2, 0.25) is 17.7 Å². The molecular formula is C44H56N6O7. The maximum absolute atomic E-state index is 14.7. The van der Waals surface area contributed by atoms with Crippen molar-refractivity contribution in [1.82, 2.24) is 15.5 Å². The number of nitrogens with one attached hydrogen (secondary N) is 2. The number of amides is 3. The lowest BCUT2D eigenvalue weighted by molar-refractivity contribution is -0.144. The quantitative estimate of drug-likeness (QED) is 0.0676. The normalized spacial score (nSPS) is 17.4. The largest absolute Gasteiger partial charge is 0.507 e. The van der Waals surface area contributed by atoms with E-state index in [9.17, 15) is 34.2 Å². The van der Waals surface area contributed by atoms with Crippen LogP contribution in [0.4, 0.5) is 0 Å². The standard InChI is InChI=1S/C44H56N6O7/c1-4-5-6-7-8-29-9-12-33(27(2)21-29)39(53)26-32(15-16-45)44(57)50(20-18-47)41-31-11-14-38(52)35(25-31)34-23-30(10-13-37(34)51)24-36(43(56)48-19-17-46)49-42(55)28(3)22-40(41)54/h9-14,21,23,25,28,32,36,41,51-52H,4-8,15-16,18-20,22,24,26,45,47H2,1-3H3,(H,48,56)(H,49,55)/t28-,32-,36+,41+/m1/s1. The molecule has 1 aliphatic heterocycles. The Bertz CT molecular complexity index is 1970. The van der Waals surface area contributed by atoms with Crippen LogP contribution in [0.15, 0.2) is 54.6 Å². The fourth-order valence-electron chi connectivity index (χ4n) is 7.46. The van der Waals surface area contributed by atoms with Crippen LogP contribution in [-0.2, 0) is 32.0 Å². The fraction of sp³-hybridized carbons (Fsp3) is 0.455. The molecule has 304 valence electrons. The Kier molecular flexibility index (Phi) is 16.3. The number of hydrogen-bond donors (Lipinski definition) is 6. The van der Waals surface area contributed by atoms with Crippen molar-refractivity contribution in [3.8, 4) is 28.7 Å². The summed E-state index contributed by atoms with van der Waals surface area (Å²) in [5.74, 6) is -4.81. The third-order valence-corrected chi connectivity index (χ3v) is 10.5. The lowest BCUT2D eigenvalue weighted by Crippen LogP contribution is -2.50. The zero-order valence-corrected chi connectivity index (χ0v) is 33.2. The molecule has 0 saturated heterocycles. The van der Waals surface area contributed by atoms with E-state index in [4.69, 9.17) is 16.7 Å². The number of ketones is 2. The lowest BCUT2D eigenvalue weighted by Gasteiger charge is -2.34. The smallest absolute Gasteiger partial charge is 0.243 e. The number of carbonyl (C=O) groups is 5. The summed E-state index contributed by atoms with van der Waals surface area (Å²) < 4.78 is 0. The van der Waals surface area contributed by atoms with E-state index in [0.29, 0.717) is 16.7 Å². The number of aryl methyl sites for hydroxylation is 2. The molecule has 0 unspecified atom stereocenters. The number of phenolic OH excluding ortho intramolecular Hbond substituents is 2. The molecule has 3 aromatic carbocycles. The molecule has 4 bridgehead atoms. The number of Topliss-reactive ketones (excluding diaryl/α,β-unsaturated/α-hetero) is 2. The zero-order valence-electron chi connectivity index (χ0n) is 33.2. The van der Waals surface area contributed by atoms with Crippen molar-refractivity contribution in [3.63, 3.8) is 0 Å². The maximum Gasteiger partial charge on any atom is 0.243 e. The monoisotopic (exact) mass is 780 g/mol. The average molecular weight is 781 g/mol. The summed E-state index contributed by atoms with van der Waals surface area (Å²) in [6.45, 7) is 5.24. The molecule has 0 spiro atoms. The molecule has 4 atom stereocenters. The number of unbranched alkanes of at least 4 members (excludes halogenated alkanes) is 3. The van der Waals surface area contributed by atoms with Gasteiger partial charge < -0.3 is 37.2 Å². The zero-order chi connectivity index (χ0) is 41.6. The Balaban J connectivity index is 1.76. The van der Waals surface area contributed by atoms with Crippen LogP contribution in [0.2, 0.25) is 0 Å². The first-order chi connectivity index (χ1) is 27.3. The first kappa shape index (κ1) is 44.1. The second kappa shape index (κ2) is 21.1. The third-order valence-electron chi connectivity index (χ3n) is 10.5. The molecular weight excluding hydrogens is 725 g/mol. The van der Waals surface area contributed by atoms with Crippen molar-refractivity contribution < 1.29 is 34.2 Å². The summed E-state index contributed by atoms with van der Waals surface area (Å²) in [7, 11) is 0. The topological polar surface area (TPSA) is 229 Å². The molecule has 0 fully saturated rings. The van der Waals surface area contributed by atoms with Gasteiger partial charge in [-0.3, -0.25) is 24.0 Å². The molecule has 0 radical (unpaired) electrons. The highest BCUT2D eigenvalue weighted by atomic mass is 16.3. The van der Waals surface area contributed by atoms with Crippen molar-refractivity contribution in [1.29, 1.82) is 5.26 Å². The molecule has 1 aliphatic rings. The highest BCUT2D eigenvalue weighted by molar-refractivity contribution is 6.01. The molecule has 0 aromatic heterocycles. The number of fused-ring (bicyclic) bond motifs is 5. The van der Waals surface area contributed by atoms with Gasteiger partial charge in [-0.1, -0.05) is 63.4 Å². The molecule has 57 heavy (non-hydrogen) atoms. The Labute approximate surface area is 334 Å². The molecule has 0 saturated carbocycles. The van der Waals surface area contributed by atoms with E-state index in [-0.39, 0.29) is 80.3 Å². The van der Waals surface area contributed by atoms with E-state index >= 15 is 0 Å². The number of rotatable bonds is 16. The van der Waals surface area contributed by atoms with Gasteiger partial charge in [-0.15, -0.1) is 0 Å². The molecule has 4 rings (SSSR count). The third kappa shape index (κ3) is 11.5. The van der Waals surface area contributed by atoms with Crippen LogP contribution in [0.1, 0.15) is 97.4 Å². The number of nitrogens with two attached hydrogens (primary N) is 2. The summed E-state index contributed by atoms with van der Waals surface area (Å²) in [4.78, 5) is 71.1. The van der Waals surface area contributed by atoms with Crippen LogP contribution >= 0.6 is 0 Å². The van der Waals surface area contributed by atoms with Crippen molar-refractivity contribution in [2.24, 2.45) is 23.3 Å². The van der Waals surface area contributed by atoms with Gasteiger partial charge >= 0.3 is 0 Å². The highest BCUT2D eigenvalue weighted by Crippen LogP contribution is 2.40. The number of hydrogen-bond acceptors (Lipinski definition) is 10. The van der Waals surface area contributed by atoms with Gasteiger partial charge in [0.05, 0.1) is 6.07 Å². The molecule has 0 aliphatic carbocycles. The second-order valence-corrected chi connectivity index (χ2v) is 14.9. The minimum Gasteiger partial charge on any atom is -0.507 e. The van der Waals surface area contributed by atoms with Gasteiger partial charge in [-0.05, 0) is 79.3 Å². The first-order valence-electron chi connectivity index (χ1n) is 19.8. The molecule has 13 nitrogen and oxygen atoms in total. The number of nitrogens with zero attached hydrogens (tertiary/aromatic N) is 2. The Morgan fingerprint density at radius 3 is 2.35 bits per heavy atom. The van der Waals surface area contributed by atoms with Gasteiger partial charge in [0.25, 0.3) is 0 Å². The number of carbonyl (C=O) groups excluding carboxylic acids is 5. The highest BCUT2D eigenvalue weighted by Gasteiger charge is 2.37. The number of nitriles is 1. The van der Waals surface area contributed by atoms with Crippen LogP contribution in [-0.4, -0.2) is 76.6 Å². The Hall–Kier alpha value is -5.58. The van der Waals surface area contributed by atoms with Crippen molar-refractivity contribution in [2.45, 2.75) is 90.6 Å². The van der Waals surface area contributed by atoms with Gasteiger partial charge in [0.15, 0.2) is 11.6 Å². The lowest BCUT2D eigenvalue weighted by atomic mass is 9.87. The molecule has 3 amide bonds. The van der Waals surface area contributed by atoms with E-state index in [1.54, 1.807) is 12.1 Å². The predicted octanol–water partition coefficient (Wildman–Crippen LogP) is 4.54. The van der Waals surface area contributed by atoms with Gasteiger partial charge in [-0.25, -0.2) is 0 Å². The van der Waals surface area contributed by atoms with E-state index in [2.05, 4.69) is 17.6 Å². The predicted molar refractivity (Wildman–Crippen MR) is 217 cm³/mol. The molecule has 8 N–H and O–H groups in total. The van der Waals surface area contributed by atoms with Crippen LogP contribution in [0.5, 0.6) is 11.5 Å². The van der Waals surface area contributed by atoms with Gasteiger partial charge in [0.1, 0.15) is 30.1 Å². The average Bonchev–Trinajstić information content (AvgIpc) is 3.18. The first-order valence-corrected chi connectivity index (χ1v) is 19.8. The van der Waals surface area contributed by atoms with E-state index in [0.717, 1.165) is 36.8 Å². The van der Waals surface area contributed by atoms with Crippen LogP contribution in [0.25, 0.3) is 11.1 Å². The minimum absolute atomic E-state index is 0.0250. The van der Waals surface area contributed by atoms with E-state index in [1.165, 1.54) is 42.5 Å². The van der Waals surface area contributed by atoms with Crippen LogP contribution in [0.3, 0.4) is 0 Å². The summed E-state index contributed by atoms with van der Waals surface area (Å²) in [5, 5.41) is 36.3. The number of phenols is 2. The van der Waals surface area contributed by atoms with Crippen molar-refractivity contribution >= 4 is 29.3 Å². The van der Waals surface area contributed by atoms with Crippen molar-refractivity contribution in [2.75, 3.05) is 26.2 Å². The van der Waals surface area contributed by atoms with Crippen LogP contribution < -0.4 is 22.1 Å². The number of aromatic hydroxyl groups is 2. The molecule has 1 heterocycles. The van der Waals surface area contributed by atoms with E-state index < -0.39 is 47.4 Å².